The van der Waals surface area contributed by atoms with Gasteiger partial charge in [-0.15, -0.1) is 0 Å². The number of rotatable bonds is 11. The highest BCUT2D eigenvalue weighted by molar-refractivity contribution is 6.35. The van der Waals surface area contributed by atoms with Crippen molar-refractivity contribution >= 4 is 23.2 Å². The van der Waals surface area contributed by atoms with Gasteiger partial charge in [0.15, 0.2) is 0 Å². The van der Waals surface area contributed by atoms with Crippen molar-refractivity contribution in [1.29, 1.82) is 0 Å². The average Bonchev–Trinajstić information content (AvgIpc) is 2.45. The number of unbranched alkanes of at least 4 members (excludes halogenated alkanes) is 5. The summed E-state index contributed by atoms with van der Waals surface area (Å²) in [5.41, 5.74) is 1.19. The van der Waals surface area contributed by atoms with Crippen molar-refractivity contribution in [3.63, 3.8) is 0 Å². The molecule has 0 radical (unpaired) electrons. The van der Waals surface area contributed by atoms with Crippen LogP contribution in [0.4, 0.5) is 0 Å². The van der Waals surface area contributed by atoms with Gasteiger partial charge in [0.1, 0.15) is 0 Å². The fourth-order valence-electron chi connectivity index (χ4n) is 2.69. The maximum Gasteiger partial charge on any atom is 0.0453 e. The zero-order valence-electron chi connectivity index (χ0n) is 13.4. The van der Waals surface area contributed by atoms with Crippen LogP contribution in [-0.2, 0) is 6.42 Å². The van der Waals surface area contributed by atoms with Crippen LogP contribution in [0, 0.1) is 0 Å². The van der Waals surface area contributed by atoms with E-state index in [4.69, 9.17) is 23.2 Å². The molecular weight excluding hydrogens is 301 g/mol. The Balaban J connectivity index is 2.38. The average molecular weight is 330 g/mol. The first kappa shape index (κ1) is 18.8. The number of hydrogen-bond donors (Lipinski definition) is 1. The molecule has 0 amide bonds. The van der Waals surface area contributed by atoms with E-state index in [1.807, 2.05) is 12.1 Å². The molecule has 0 aliphatic rings. The molecule has 1 N–H and O–H groups in total. The van der Waals surface area contributed by atoms with E-state index in [0.29, 0.717) is 11.1 Å². The van der Waals surface area contributed by atoms with Crippen LogP contribution in [0.5, 0.6) is 0 Å². The van der Waals surface area contributed by atoms with E-state index in [9.17, 15) is 0 Å². The predicted molar refractivity (Wildman–Crippen MR) is 95.6 cm³/mol. The van der Waals surface area contributed by atoms with Gasteiger partial charge in [-0.1, -0.05) is 81.6 Å². The Morgan fingerprint density at radius 2 is 1.71 bits per heavy atom. The third-order valence-electron chi connectivity index (χ3n) is 3.88. The van der Waals surface area contributed by atoms with Gasteiger partial charge in [-0.3, -0.25) is 0 Å². The molecule has 120 valence electrons. The van der Waals surface area contributed by atoms with Crippen LogP contribution in [0.1, 0.15) is 64.4 Å². The van der Waals surface area contributed by atoms with Crippen molar-refractivity contribution in [3.8, 4) is 0 Å². The zero-order chi connectivity index (χ0) is 15.5. The van der Waals surface area contributed by atoms with Crippen LogP contribution >= 0.6 is 23.2 Å². The van der Waals surface area contributed by atoms with Gasteiger partial charge in [-0.05, 0) is 37.1 Å². The van der Waals surface area contributed by atoms with Crippen molar-refractivity contribution in [1.82, 2.24) is 5.32 Å². The van der Waals surface area contributed by atoms with E-state index in [-0.39, 0.29) is 0 Å². The highest BCUT2D eigenvalue weighted by Crippen LogP contribution is 2.23. The molecule has 0 saturated heterocycles. The first-order chi connectivity index (χ1) is 10.2. The van der Waals surface area contributed by atoms with Gasteiger partial charge >= 0.3 is 0 Å². The minimum absolute atomic E-state index is 0.514. The predicted octanol–water partition coefficient (Wildman–Crippen LogP) is 6.26. The summed E-state index contributed by atoms with van der Waals surface area (Å²) in [5.74, 6) is 0. The van der Waals surface area contributed by atoms with Crippen molar-refractivity contribution in [2.24, 2.45) is 0 Å². The monoisotopic (exact) mass is 329 g/mol. The second-order valence-electron chi connectivity index (χ2n) is 5.75. The van der Waals surface area contributed by atoms with E-state index >= 15 is 0 Å². The van der Waals surface area contributed by atoms with Crippen LogP contribution in [0.15, 0.2) is 18.2 Å². The van der Waals surface area contributed by atoms with E-state index < -0.39 is 0 Å². The van der Waals surface area contributed by atoms with Gasteiger partial charge in [0.25, 0.3) is 0 Å². The van der Waals surface area contributed by atoms with Gasteiger partial charge in [0.2, 0.25) is 0 Å². The van der Waals surface area contributed by atoms with E-state index in [2.05, 4.69) is 25.2 Å². The lowest BCUT2D eigenvalue weighted by atomic mass is 9.99. The van der Waals surface area contributed by atoms with Gasteiger partial charge in [0, 0.05) is 16.1 Å². The van der Waals surface area contributed by atoms with Crippen molar-refractivity contribution < 1.29 is 0 Å². The SMILES string of the molecule is CCCCCCCCC(Cc1ccc(Cl)cc1Cl)NCC. The summed E-state index contributed by atoms with van der Waals surface area (Å²) < 4.78 is 0. The molecule has 0 aromatic heterocycles. The van der Waals surface area contributed by atoms with Gasteiger partial charge in [0.05, 0.1) is 0 Å². The normalized spacial score (nSPS) is 12.6. The number of halogens is 2. The zero-order valence-corrected chi connectivity index (χ0v) is 14.9. The fraction of sp³-hybridized carbons (Fsp3) is 0.667. The Morgan fingerprint density at radius 3 is 2.38 bits per heavy atom. The highest BCUT2D eigenvalue weighted by Gasteiger charge is 2.11. The molecule has 0 fully saturated rings. The summed E-state index contributed by atoms with van der Waals surface area (Å²) in [6.07, 6.45) is 10.3. The highest BCUT2D eigenvalue weighted by atomic mass is 35.5. The molecule has 0 aliphatic carbocycles. The molecule has 21 heavy (non-hydrogen) atoms. The number of nitrogens with one attached hydrogen (secondary N) is 1. The minimum atomic E-state index is 0.514. The molecule has 0 saturated carbocycles. The molecule has 0 heterocycles. The van der Waals surface area contributed by atoms with Crippen molar-refractivity contribution in [2.45, 2.75) is 71.3 Å². The maximum absolute atomic E-state index is 6.28. The lowest BCUT2D eigenvalue weighted by Gasteiger charge is -2.18. The molecule has 0 spiro atoms. The van der Waals surface area contributed by atoms with E-state index in [0.717, 1.165) is 18.0 Å². The molecule has 1 atom stereocenters. The first-order valence-corrected chi connectivity index (χ1v) is 9.10. The van der Waals surface area contributed by atoms with Crippen molar-refractivity contribution in [2.75, 3.05) is 6.54 Å². The van der Waals surface area contributed by atoms with Crippen LogP contribution in [0.2, 0.25) is 10.0 Å². The molecule has 1 rings (SSSR count). The second-order valence-corrected chi connectivity index (χ2v) is 6.59. The van der Waals surface area contributed by atoms with Gasteiger partial charge in [-0.25, -0.2) is 0 Å². The maximum atomic E-state index is 6.28. The minimum Gasteiger partial charge on any atom is -0.314 e. The standard InChI is InChI=1S/C18H29Cl2N/c1-3-5-6-7-8-9-10-17(21-4-2)13-15-11-12-16(19)14-18(15)20/h11-12,14,17,21H,3-10,13H2,1-2H3. The third kappa shape index (κ3) is 8.09. The number of likely N-dealkylation sites (N-methyl/N-ethyl adjacent to an activating group) is 1. The van der Waals surface area contributed by atoms with Crippen LogP contribution in [0.25, 0.3) is 0 Å². The second kappa shape index (κ2) is 11.3. The molecule has 1 unspecified atom stereocenters. The van der Waals surface area contributed by atoms with E-state index in [1.165, 1.54) is 50.5 Å². The molecule has 1 nitrogen and oxygen atoms in total. The van der Waals surface area contributed by atoms with Crippen LogP contribution < -0.4 is 5.32 Å². The number of hydrogen-bond acceptors (Lipinski definition) is 1. The first-order valence-electron chi connectivity index (χ1n) is 8.34. The molecule has 1 aromatic rings. The quantitative estimate of drug-likeness (QED) is 0.472. The Kier molecular flexibility index (Phi) is 10.2. The molecule has 3 heteroatoms. The smallest absolute Gasteiger partial charge is 0.0453 e. The summed E-state index contributed by atoms with van der Waals surface area (Å²) in [5, 5.41) is 5.08. The molecule has 1 aromatic carbocycles. The Hall–Kier alpha value is -0.240. The number of benzene rings is 1. The summed E-state index contributed by atoms with van der Waals surface area (Å²) in [4.78, 5) is 0. The van der Waals surface area contributed by atoms with Gasteiger partial charge < -0.3 is 5.32 Å². The topological polar surface area (TPSA) is 12.0 Å². The Labute approximate surface area is 140 Å². The third-order valence-corrected chi connectivity index (χ3v) is 4.47. The summed E-state index contributed by atoms with van der Waals surface area (Å²) in [6, 6.07) is 6.33. The van der Waals surface area contributed by atoms with E-state index in [1.54, 1.807) is 0 Å². The molecule has 0 aliphatic heterocycles. The summed E-state index contributed by atoms with van der Waals surface area (Å²) >= 11 is 12.2. The summed E-state index contributed by atoms with van der Waals surface area (Å²) in [7, 11) is 0. The lowest BCUT2D eigenvalue weighted by Crippen LogP contribution is -2.31. The Bertz CT molecular complexity index is 393. The fourth-order valence-corrected chi connectivity index (χ4v) is 3.17. The molecule has 0 bridgehead atoms. The van der Waals surface area contributed by atoms with Crippen molar-refractivity contribution in [3.05, 3.63) is 33.8 Å². The van der Waals surface area contributed by atoms with Gasteiger partial charge in [-0.2, -0.15) is 0 Å². The van der Waals surface area contributed by atoms with Crippen LogP contribution in [0.3, 0.4) is 0 Å². The van der Waals surface area contributed by atoms with Crippen LogP contribution in [-0.4, -0.2) is 12.6 Å². The lowest BCUT2D eigenvalue weighted by molar-refractivity contribution is 0.460. The summed E-state index contributed by atoms with van der Waals surface area (Å²) in [6.45, 7) is 5.43. The largest absolute Gasteiger partial charge is 0.314 e. The molecular formula is C18H29Cl2N. The Morgan fingerprint density at radius 1 is 1.00 bits per heavy atom.